The molecule has 1 aromatic heterocycles. The van der Waals surface area contributed by atoms with Gasteiger partial charge in [0.2, 0.25) is 5.91 Å². The molecule has 0 aliphatic carbocycles. The van der Waals surface area contributed by atoms with E-state index in [0.717, 1.165) is 22.6 Å². The Morgan fingerprint density at radius 3 is 2.24 bits per heavy atom. The molecule has 11 nitrogen and oxygen atoms in total. The van der Waals surface area contributed by atoms with E-state index < -0.39 is 34.4 Å². The van der Waals surface area contributed by atoms with E-state index in [1.54, 1.807) is 12.1 Å². The number of anilines is 1. The summed E-state index contributed by atoms with van der Waals surface area (Å²) in [6, 6.07) is 14.3. The van der Waals surface area contributed by atoms with Gasteiger partial charge in [0.05, 0.1) is 29.5 Å². The van der Waals surface area contributed by atoms with Crippen LogP contribution in [0.1, 0.15) is 34.8 Å². The number of rotatable bonds is 11. The van der Waals surface area contributed by atoms with Crippen molar-refractivity contribution in [2.45, 2.75) is 38.3 Å². The minimum Gasteiger partial charge on any atom is -0.453 e. The van der Waals surface area contributed by atoms with Crippen LogP contribution in [-0.2, 0) is 39.1 Å². The van der Waals surface area contributed by atoms with Crippen molar-refractivity contribution in [3.63, 3.8) is 0 Å². The van der Waals surface area contributed by atoms with Crippen LogP contribution >= 0.6 is 11.3 Å². The fraction of sp³-hybridized carbons (Fsp3) is 0.292. The van der Waals surface area contributed by atoms with E-state index in [9.17, 15) is 18.0 Å². The monoisotopic (exact) mass is 549 g/mol. The molecular formula is C24H31N5O6S2. The number of ether oxygens (including phenoxy) is 1. The zero-order chi connectivity index (χ0) is 26.1. The number of hydrogen-bond acceptors (Lipinski definition) is 8. The third-order valence-electron chi connectivity index (χ3n) is 5.26. The predicted octanol–water partition coefficient (Wildman–Crippen LogP) is 3.45. The summed E-state index contributed by atoms with van der Waals surface area (Å²) in [7, 11) is -3.15. The van der Waals surface area contributed by atoms with Gasteiger partial charge in [-0.25, -0.2) is 9.78 Å². The summed E-state index contributed by atoms with van der Waals surface area (Å²) in [6.45, 7) is 1.99. The topological polar surface area (TPSA) is 182 Å². The quantitative estimate of drug-likeness (QED) is 0.225. The lowest BCUT2D eigenvalue weighted by atomic mass is 10.0. The number of alkyl carbamates (subject to hydrolysis) is 1. The van der Waals surface area contributed by atoms with Gasteiger partial charge in [0, 0.05) is 11.8 Å². The van der Waals surface area contributed by atoms with Gasteiger partial charge in [0.1, 0.15) is 6.04 Å². The van der Waals surface area contributed by atoms with Crippen LogP contribution < -0.4 is 21.5 Å². The van der Waals surface area contributed by atoms with Crippen molar-refractivity contribution in [3.8, 4) is 0 Å². The van der Waals surface area contributed by atoms with E-state index in [-0.39, 0.29) is 18.3 Å². The standard InChI is InChI=1S/C24H28N4O6S2.H3N/c1-3-22-25-21(15-35-22)19(13-17-9-11-18(12-10-17)28-36(31,32)33)26-23(29)20(27-24(30)34-2)14-16-7-5-4-6-8-16;/h4-12,15,19-20,28H,3,13-14H2,1-2H3,(H,26,29)(H,27,30)(H,31,32,33);1H3/t19-,20?;/m0./s1. The van der Waals surface area contributed by atoms with Gasteiger partial charge in [-0.05, 0) is 36.1 Å². The lowest BCUT2D eigenvalue weighted by molar-refractivity contribution is -0.123. The van der Waals surface area contributed by atoms with Gasteiger partial charge in [0.25, 0.3) is 0 Å². The molecule has 0 aliphatic heterocycles. The fourth-order valence-electron chi connectivity index (χ4n) is 3.50. The Labute approximate surface area is 220 Å². The molecule has 0 radical (unpaired) electrons. The fourth-order valence-corrected chi connectivity index (χ4v) is 4.74. The largest absolute Gasteiger partial charge is 0.453 e. The highest BCUT2D eigenvalue weighted by Gasteiger charge is 2.26. The van der Waals surface area contributed by atoms with Crippen LogP contribution in [0.25, 0.3) is 0 Å². The van der Waals surface area contributed by atoms with Gasteiger partial charge in [0.15, 0.2) is 0 Å². The molecule has 1 heterocycles. The molecule has 0 bridgehead atoms. The molecule has 0 saturated heterocycles. The zero-order valence-electron chi connectivity index (χ0n) is 20.5. The summed E-state index contributed by atoms with van der Waals surface area (Å²) in [5.41, 5.74) is 2.55. The first-order chi connectivity index (χ1) is 17.2. The number of benzene rings is 2. The number of nitrogens with zero attached hydrogens (tertiary/aromatic N) is 1. The second kappa shape index (κ2) is 13.7. The first-order valence-corrected chi connectivity index (χ1v) is 13.5. The number of methoxy groups -OCH3 is 1. The number of carbonyl (C=O) groups is 2. The molecule has 0 aliphatic rings. The molecule has 0 fully saturated rings. The Hall–Kier alpha value is -3.52. The summed E-state index contributed by atoms with van der Waals surface area (Å²) >= 11 is 1.49. The van der Waals surface area contributed by atoms with Crippen LogP contribution in [0.3, 0.4) is 0 Å². The van der Waals surface area contributed by atoms with Crippen molar-refractivity contribution in [1.29, 1.82) is 0 Å². The van der Waals surface area contributed by atoms with Gasteiger partial charge in [-0.15, -0.1) is 11.3 Å². The second-order valence-electron chi connectivity index (χ2n) is 7.94. The number of nitrogens with one attached hydrogen (secondary N) is 3. The summed E-state index contributed by atoms with van der Waals surface area (Å²) in [5, 5.41) is 8.42. The molecule has 2 atom stereocenters. The van der Waals surface area contributed by atoms with E-state index in [1.165, 1.54) is 30.6 Å². The third-order valence-corrected chi connectivity index (χ3v) is 6.77. The Bertz CT molecular complexity index is 1270. The van der Waals surface area contributed by atoms with E-state index in [2.05, 4.69) is 15.6 Å². The molecule has 7 N–H and O–H groups in total. The molecule has 2 amide bonds. The molecule has 3 rings (SSSR count). The summed E-state index contributed by atoms with van der Waals surface area (Å²) < 4.78 is 37.8. The van der Waals surface area contributed by atoms with E-state index in [1.807, 2.05) is 47.4 Å². The number of hydrogen-bond donors (Lipinski definition) is 5. The molecule has 3 aromatic rings. The average Bonchev–Trinajstić information content (AvgIpc) is 3.33. The van der Waals surface area contributed by atoms with E-state index >= 15 is 0 Å². The van der Waals surface area contributed by atoms with Gasteiger partial charge < -0.3 is 21.5 Å². The molecule has 2 aromatic carbocycles. The van der Waals surface area contributed by atoms with Gasteiger partial charge in [-0.3, -0.25) is 14.1 Å². The number of thiazole rings is 1. The molecule has 1 unspecified atom stereocenters. The van der Waals surface area contributed by atoms with Crippen molar-refractivity contribution in [2.24, 2.45) is 0 Å². The molecule has 37 heavy (non-hydrogen) atoms. The van der Waals surface area contributed by atoms with Crippen LogP contribution in [0.15, 0.2) is 60.0 Å². The van der Waals surface area contributed by atoms with Gasteiger partial charge in [-0.1, -0.05) is 49.4 Å². The van der Waals surface area contributed by atoms with Crippen LogP contribution in [0, 0.1) is 0 Å². The van der Waals surface area contributed by atoms with Crippen LogP contribution in [0.2, 0.25) is 0 Å². The first-order valence-electron chi connectivity index (χ1n) is 11.1. The highest BCUT2D eigenvalue weighted by atomic mass is 32.2. The lowest BCUT2D eigenvalue weighted by Gasteiger charge is -2.23. The van der Waals surface area contributed by atoms with Crippen molar-refractivity contribution >= 4 is 39.3 Å². The maximum absolute atomic E-state index is 13.3. The Kier molecular flexibility index (Phi) is 11.0. The lowest BCUT2D eigenvalue weighted by Crippen LogP contribution is -2.49. The predicted molar refractivity (Wildman–Crippen MR) is 142 cm³/mol. The smallest absolute Gasteiger partial charge is 0.407 e. The van der Waals surface area contributed by atoms with Gasteiger partial charge >= 0.3 is 16.4 Å². The maximum atomic E-state index is 13.3. The van der Waals surface area contributed by atoms with Crippen molar-refractivity contribution in [3.05, 3.63) is 81.8 Å². The second-order valence-corrected chi connectivity index (χ2v) is 10.0. The Morgan fingerprint density at radius 2 is 1.68 bits per heavy atom. The highest BCUT2D eigenvalue weighted by molar-refractivity contribution is 7.87. The van der Waals surface area contributed by atoms with E-state index in [4.69, 9.17) is 9.29 Å². The number of carbonyl (C=O) groups excluding carboxylic acids is 2. The molecule has 13 heteroatoms. The average molecular weight is 550 g/mol. The van der Waals surface area contributed by atoms with Crippen molar-refractivity contribution < 1.29 is 27.3 Å². The molecular weight excluding hydrogens is 518 g/mol. The highest BCUT2D eigenvalue weighted by Crippen LogP contribution is 2.23. The van der Waals surface area contributed by atoms with Crippen molar-refractivity contribution in [2.75, 3.05) is 11.8 Å². The SMILES string of the molecule is CCc1nc([C@H](Cc2ccc(NS(=O)(=O)O)cc2)NC(=O)C(Cc2ccccc2)NC(=O)OC)cs1.N. The Balaban J connectivity index is 0.00000481. The van der Waals surface area contributed by atoms with Crippen LogP contribution in [0.4, 0.5) is 10.5 Å². The number of amides is 2. The zero-order valence-corrected chi connectivity index (χ0v) is 22.1. The van der Waals surface area contributed by atoms with Crippen LogP contribution in [0.5, 0.6) is 0 Å². The van der Waals surface area contributed by atoms with Crippen LogP contribution in [-0.4, -0.2) is 43.1 Å². The normalized spacial score (nSPS) is 12.5. The minimum absolute atomic E-state index is 0. The Morgan fingerprint density at radius 1 is 1.03 bits per heavy atom. The van der Waals surface area contributed by atoms with Crippen molar-refractivity contribution in [1.82, 2.24) is 21.8 Å². The molecule has 0 saturated carbocycles. The summed E-state index contributed by atoms with van der Waals surface area (Å²) in [6.07, 6.45) is 0.663. The number of aromatic nitrogens is 1. The molecule has 0 spiro atoms. The molecule has 200 valence electrons. The number of aryl methyl sites for hydroxylation is 1. The third kappa shape index (κ3) is 9.46. The van der Waals surface area contributed by atoms with Gasteiger partial charge in [-0.2, -0.15) is 8.42 Å². The first kappa shape index (κ1) is 29.7. The summed E-state index contributed by atoms with van der Waals surface area (Å²) in [5.74, 6) is -0.398. The maximum Gasteiger partial charge on any atom is 0.407 e. The van der Waals surface area contributed by atoms with E-state index in [0.29, 0.717) is 12.1 Å². The minimum atomic E-state index is -4.38. The summed E-state index contributed by atoms with van der Waals surface area (Å²) in [4.78, 5) is 29.9.